The van der Waals surface area contributed by atoms with E-state index in [4.69, 9.17) is 0 Å². The average Bonchev–Trinajstić information content (AvgIpc) is 2.38. The summed E-state index contributed by atoms with van der Waals surface area (Å²) in [7, 11) is -3.17. The van der Waals surface area contributed by atoms with Crippen LogP contribution in [-0.4, -0.2) is 38.2 Å². The molecule has 1 aromatic rings. The van der Waals surface area contributed by atoms with Crippen LogP contribution in [0.25, 0.3) is 0 Å². The monoisotopic (exact) mass is 309 g/mol. The van der Waals surface area contributed by atoms with Crippen molar-refractivity contribution < 1.29 is 8.42 Å². The maximum absolute atomic E-state index is 12.7. The molecule has 21 heavy (non-hydrogen) atoms. The molecule has 0 aliphatic carbocycles. The quantitative estimate of drug-likeness (QED) is 0.860. The van der Waals surface area contributed by atoms with Gasteiger partial charge in [-0.25, -0.2) is 8.42 Å². The van der Waals surface area contributed by atoms with E-state index in [0.717, 1.165) is 38.0 Å². The molecule has 0 saturated carbocycles. The van der Waals surface area contributed by atoms with E-state index in [-0.39, 0.29) is 10.7 Å². The van der Waals surface area contributed by atoms with E-state index in [0.29, 0.717) is 4.90 Å². The smallest absolute Gasteiger partial charge is 0.181 e. The van der Waals surface area contributed by atoms with Gasteiger partial charge in [0.25, 0.3) is 0 Å². The van der Waals surface area contributed by atoms with Crippen LogP contribution in [0.1, 0.15) is 39.2 Å². The summed E-state index contributed by atoms with van der Waals surface area (Å²) in [6.07, 6.45) is 1.48. The molecule has 0 unspecified atom stereocenters. The molecule has 0 N–H and O–H groups in total. The van der Waals surface area contributed by atoms with Crippen molar-refractivity contribution in [3.8, 4) is 0 Å². The number of aryl methyl sites for hydroxylation is 1. The number of sulfone groups is 1. The Kier molecular flexibility index (Phi) is 4.79. The van der Waals surface area contributed by atoms with Gasteiger partial charge in [-0.15, -0.1) is 0 Å². The Morgan fingerprint density at radius 3 is 2.10 bits per heavy atom. The van der Waals surface area contributed by atoms with Gasteiger partial charge in [-0.1, -0.05) is 38.5 Å². The molecule has 0 spiro atoms. The lowest BCUT2D eigenvalue weighted by atomic mass is 9.95. The van der Waals surface area contributed by atoms with Crippen molar-refractivity contribution in [2.24, 2.45) is 5.41 Å². The Morgan fingerprint density at radius 1 is 1.10 bits per heavy atom. The highest BCUT2D eigenvalue weighted by molar-refractivity contribution is 7.92. The fourth-order valence-electron chi connectivity index (χ4n) is 2.97. The molecule has 1 aliphatic heterocycles. The minimum absolute atomic E-state index is 0.226. The summed E-state index contributed by atoms with van der Waals surface area (Å²) in [5, 5.41) is -0.226. The van der Waals surface area contributed by atoms with Gasteiger partial charge in [0, 0.05) is 6.54 Å². The van der Waals surface area contributed by atoms with Crippen LogP contribution in [0.15, 0.2) is 29.2 Å². The van der Waals surface area contributed by atoms with Gasteiger partial charge in [-0.2, -0.15) is 0 Å². The maximum Gasteiger partial charge on any atom is 0.181 e. The SMILES string of the molecule is Cc1ccc(S(=O)(=O)C2CCN(CC(C)(C)C)CC2)cc1. The van der Waals surface area contributed by atoms with Crippen molar-refractivity contribution in [1.29, 1.82) is 0 Å². The summed E-state index contributed by atoms with van der Waals surface area (Å²) in [6.45, 7) is 11.4. The zero-order chi connectivity index (χ0) is 15.7. The van der Waals surface area contributed by atoms with Crippen LogP contribution >= 0.6 is 0 Å². The summed E-state index contributed by atoms with van der Waals surface area (Å²) in [5.74, 6) is 0. The normalized spacial score (nSPS) is 18.9. The third-order valence-corrected chi connectivity index (χ3v) is 6.30. The molecule has 1 aliphatic rings. The minimum Gasteiger partial charge on any atom is -0.303 e. The predicted octanol–water partition coefficient (Wildman–Crippen LogP) is 3.28. The zero-order valence-corrected chi connectivity index (χ0v) is 14.4. The molecular formula is C17H27NO2S. The molecule has 3 nitrogen and oxygen atoms in total. The molecule has 1 heterocycles. The van der Waals surface area contributed by atoms with Crippen molar-refractivity contribution in [3.05, 3.63) is 29.8 Å². The van der Waals surface area contributed by atoms with Gasteiger partial charge in [0.2, 0.25) is 0 Å². The second-order valence-corrected chi connectivity index (χ2v) is 9.62. The van der Waals surface area contributed by atoms with E-state index in [9.17, 15) is 8.42 Å². The maximum atomic E-state index is 12.7. The largest absolute Gasteiger partial charge is 0.303 e. The fourth-order valence-corrected chi connectivity index (χ4v) is 4.70. The summed E-state index contributed by atoms with van der Waals surface area (Å²) < 4.78 is 25.3. The van der Waals surface area contributed by atoms with Gasteiger partial charge in [0.05, 0.1) is 10.1 Å². The number of rotatable bonds is 3. The summed E-state index contributed by atoms with van der Waals surface area (Å²) in [5.41, 5.74) is 1.36. The third kappa shape index (κ3) is 4.30. The number of hydrogen-bond acceptors (Lipinski definition) is 3. The van der Waals surface area contributed by atoms with Crippen LogP contribution in [0.4, 0.5) is 0 Å². The predicted molar refractivity (Wildman–Crippen MR) is 87.3 cm³/mol. The first-order valence-electron chi connectivity index (χ1n) is 7.71. The number of piperidine rings is 1. The molecule has 1 saturated heterocycles. The highest BCUT2D eigenvalue weighted by Crippen LogP contribution is 2.26. The topological polar surface area (TPSA) is 37.4 Å². The minimum atomic E-state index is -3.17. The van der Waals surface area contributed by atoms with E-state index in [1.165, 1.54) is 0 Å². The van der Waals surface area contributed by atoms with Crippen molar-refractivity contribution >= 4 is 9.84 Å². The Labute approximate surface area is 129 Å². The van der Waals surface area contributed by atoms with Crippen LogP contribution in [0.2, 0.25) is 0 Å². The van der Waals surface area contributed by atoms with Crippen LogP contribution < -0.4 is 0 Å². The van der Waals surface area contributed by atoms with Crippen molar-refractivity contribution in [2.75, 3.05) is 19.6 Å². The van der Waals surface area contributed by atoms with Gasteiger partial charge < -0.3 is 4.90 Å². The van der Waals surface area contributed by atoms with E-state index >= 15 is 0 Å². The first-order chi connectivity index (χ1) is 9.68. The lowest BCUT2D eigenvalue weighted by molar-refractivity contribution is 0.165. The Bertz CT molecular complexity index is 562. The first-order valence-corrected chi connectivity index (χ1v) is 9.26. The van der Waals surface area contributed by atoms with Crippen LogP contribution in [0.3, 0.4) is 0 Å². The van der Waals surface area contributed by atoms with E-state index in [1.54, 1.807) is 12.1 Å². The number of nitrogens with zero attached hydrogens (tertiary/aromatic N) is 1. The standard InChI is InChI=1S/C17H27NO2S/c1-14-5-7-15(8-6-14)21(19,20)16-9-11-18(12-10-16)13-17(2,3)4/h5-8,16H,9-13H2,1-4H3. The van der Waals surface area contributed by atoms with E-state index in [2.05, 4.69) is 25.7 Å². The molecule has 2 rings (SSSR count). The highest BCUT2D eigenvalue weighted by Gasteiger charge is 2.32. The molecular weight excluding hydrogens is 282 g/mol. The van der Waals surface area contributed by atoms with E-state index < -0.39 is 9.84 Å². The van der Waals surface area contributed by atoms with E-state index in [1.807, 2.05) is 19.1 Å². The number of likely N-dealkylation sites (tertiary alicyclic amines) is 1. The fraction of sp³-hybridized carbons (Fsp3) is 0.647. The first kappa shape index (κ1) is 16.5. The van der Waals surface area contributed by atoms with Crippen molar-refractivity contribution in [1.82, 2.24) is 4.90 Å². The van der Waals surface area contributed by atoms with Gasteiger partial charge in [-0.05, 0) is 50.4 Å². The molecule has 0 atom stereocenters. The van der Waals surface area contributed by atoms with Gasteiger partial charge >= 0.3 is 0 Å². The third-order valence-electron chi connectivity index (χ3n) is 4.02. The Morgan fingerprint density at radius 2 is 1.62 bits per heavy atom. The Balaban J connectivity index is 2.03. The number of benzene rings is 1. The van der Waals surface area contributed by atoms with Gasteiger partial charge in [-0.3, -0.25) is 0 Å². The lowest BCUT2D eigenvalue weighted by Gasteiger charge is -2.35. The summed E-state index contributed by atoms with van der Waals surface area (Å²) in [6, 6.07) is 7.24. The van der Waals surface area contributed by atoms with Crippen molar-refractivity contribution in [2.45, 2.75) is 50.7 Å². The second kappa shape index (κ2) is 6.09. The Hall–Kier alpha value is -0.870. The van der Waals surface area contributed by atoms with Crippen LogP contribution in [0, 0.1) is 12.3 Å². The molecule has 0 radical (unpaired) electrons. The summed E-state index contributed by atoms with van der Waals surface area (Å²) in [4.78, 5) is 2.86. The molecule has 0 amide bonds. The van der Waals surface area contributed by atoms with Crippen LogP contribution in [0.5, 0.6) is 0 Å². The van der Waals surface area contributed by atoms with Crippen molar-refractivity contribution in [3.63, 3.8) is 0 Å². The molecule has 0 aromatic heterocycles. The van der Waals surface area contributed by atoms with Crippen LogP contribution in [-0.2, 0) is 9.84 Å². The lowest BCUT2D eigenvalue weighted by Crippen LogP contribution is -2.42. The number of hydrogen-bond donors (Lipinski definition) is 0. The van der Waals surface area contributed by atoms with Gasteiger partial charge in [0.1, 0.15) is 0 Å². The highest BCUT2D eigenvalue weighted by atomic mass is 32.2. The summed E-state index contributed by atoms with van der Waals surface area (Å²) >= 11 is 0. The molecule has 1 aromatic carbocycles. The molecule has 1 fully saturated rings. The molecule has 4 heteroatoms. The molecule has 0 bridgehead atoms. The zero-order valence-electron chi connectivity index (χ0n) is 13.6. The average molecular weight is 309 g/mol. The van der Waals surface area contributed by atoms with Gasteiger partial charge in [0.15, 0.2) is 9.84 Å². The molecule has 118 valence electrons. The second-order valence-electron chi connectivity index (χ2n) is 7.39.